The van der Waals surface area contributed by atoms with E-state index in [1.54, 1.807) is 38.1 Å². The Morgan fingerprint density at radius 2 is 1.78 bits per heavy atom. The maximum atomic E-state index is 12.3. The predicted molar refractivity (Wildman–Crippen MR) is 84.7 cm³/mol. The van der Waals surface area contributed by atoms with Gasteiger partial charge in [-0.2, -0.15) is 0 Å². The number of hydrogen-bond acceptors (Lipinski definition) is 6. The first-order valence-electron chi connectivity index (χ1n) is 7.10. The van der Waals surface area contributed by atoms with Crippen molar-refractivity contribution in [3.8, 4) is 5.75 Å². The zero-order valence-electron chi connectivity index (χ0n) is 13.4. The Hall–Kier alpha value is -1.44. The molecule has 0 fully saturated rings. The van der Waals surface area contributed by atoms with Gasteiger partial charge in [0.2, 0.25) is 0 Å². The first-order chi connectivity index (χ1) is 10.7. The smallest absolute Gasteiger partial charge is 0.371 e. The van der Waals surface area contributed by atoms with Gasteiger partial charge in [0.05, 0.1) is 7.11 Å². The summed E-state index contributed by atoms with van der Waals surface area (Å²) in [6, 6.07) is 6.73. The summed E-state index contributed by atoms with van der Waals surface area (Å²) >= 11 is 0. The van der Waals surface area contributed by atoms with Crippen LogP contribution in [0.2, 0.25) is 0 Å². The lowest BCUT2D eigenvalue weighted by atomic mass is 10.2. The van der Waals surface area contributed by atoms with E-state index in [4.69, 9.17) is 15.2 Å². The van der Waals surface area contributed by atoms with Crippen molar-refractivity contribution in [1.82, 2.24) is 4.90 Å². The molecule has 0 amide bonds. The molecule has 0 heterocycles. The number of benzene rings is 1. The Kier molecular flexibility index (Phi) is 6.73. The number of nitrogens with zero attached hydrogens (tertiary/aromatic N) is 1. The van der Waals surface area contributed by atoms with E-state index in [-0.39, 0.29) is 19.7 Å². The number of hydrogen-bond donors (Lipinski definition) is 3. The highest BCUT2D eigenvalue weighted by Gasteiger charge is 2.55. The quantitative estimate of drug-likeness (QED) is 0.360. The Balaban J connectivity index is 2.91. The average Bonchev–Trinajstić information content (AvgIpc) is 2.52. The highest BCUT2D eigenvalue weighted by Crippen LogP contribution is 2.49. The van der Waals surface area contributed by atoms with E-state index in [1.807, 2.05) is 0 Å². The van der Waals surface area contributed by atoms with E-state index in [1.165, 1.54) is 12.0 Å². The molecule has 0 aliphatic heterocycles. The standard InChI is InChI=1S/C14H23N2O6P/c1-4-16(5-2)14(15,23(18,19)20)13(17)22-10-11-6-8-12(21-3)9-7-11/h6-9H,4-5,10,15H2,1-3H3,(H2,18,19,20). The molecule has 0 spiro atoms. The van der Waals surface area contributed by atoms with Gasteiger partial charge in [-0.3, -0.25) is 15.2 Å². The van der Waals surface area contributed by atoms with E-state index in [0.717, 1.165) is 0 Å². The maximum Gasteiger partial charge on any atom is 0.371 e. The molecular weight excluding hydrogens is 323 g/mol. The third kappa shape index (κ3) is 4.31. The van der Waals surface area contributed by atoms with Gasteiger partial charge in [-0.25, -0.2) is 4.79 Å². The lowest BCUT2D eigenvalue weighted by molar-refractivity contribution is -0.154. The Morgan fingerprint density at radius 3 is 2.17 bits per heavy atom. The van der Waals surface area contributed by atoms with Crippen LogP contribution in [0.1, 0.15) is 19.4 Å². The molecule has 0 radical (unpaired) electrons. The van der Waals surface area contributed by atoms with Crippen LogP contribution in [-0.4, -0.2) is 46.3 Å². The van der Waals surface area contributed by atoms with Crippen LogP contribution in [0.3, 0.4) is 0 Å². The van der Waals surface area contributed by atoms with Crippen molar-refractivity contribution < 1.29 is 28.6 Å². The van der Waals surface area contributed by atoms with Gasteiger partial charge >= 0.3 is 13.6 Å². The van der Waals surface area contributed by atoms with Crippen molar-refractivity contribution >= 4 is 13.6 Å². The van der Waals surface area contributed by atoms with Crippen molar-refractivity contribution in [3.05, 3.63) is 29.8 Å². The molecule has 130 valence electrons. The molecule has 8 nitrogen and oxygen atoms in total. The molecule has 1 rings (SSSR count). The average molecular weight is 346 g/mol. The molecule has 0 aliphatic rings. The lowest BCUT2D eigenvalue weighted by Crippen LogP contribution is -2.61. The van der Waals surface area contributed by atoms with Crippen molar-refractivity contribution in [2.24, 2.45) is 5.73 Å². The molecule has 0 bridgehead atoms. The summed E-state index contributed by atoms with van der Waals surface area (Å²) in [6.07, 6.45) is 0. The van der Waals surface area contributed by atoms with Crippen LogP contribution in [0.5, 0.6) is 5.75 Å². The van der Waals surface area contributed by atoms with Crippen LogP contribution in [-0.2, 0) is 20.7 Å². The van der Waals surface area contributed by atoms with Gasteiger partial charge in [0.1, 0.15) is 12.4 Å². The number of rotatable bonds is 8. The molecule has 9 heteroatoms. The third-order valence-electron chi connectivity index (χ3n) is 3.52. The summed E-state index contributed by atoms with van der Waals surface area (Å²) in [6.45, 7) is 3.53. The van der Waals surface area contributed by atoms with Gasteiger partial charge < -0.3 is 19.3 Å². The number of methoxy groups -OCH3 is 1. The summed E-state index contributed by atoms with van der Waals surface area (Å²) in [5.41, 5.74) is 6.41. The van der Waals surface area contributed by atoms with Gasteiger partial charge in [-0.05, 0) is 30.8 Å². The Bertz CT molecular complexity index is 569. The van der Waals surface area contributed by atoms with Gasteiger partial charge in [-0.1, -0.05) is 26.0 Å². The van der Waals surface area contributed by atoms with Crippen LogP contribution >= 0.6 is 7.60 Å². The fraction of sp³-hybridized carbons (Fsp3) is 0.500. The first-order valence-corrected chi connectivity index (χ1v) is 8.71. The van der Waals surface area contributed by atoms with E-state index >= 15 is 0 Å². The van der Waals surface area contributed by atoms with Crippen LogP contribution in [0, 0.1) is 0 Å². The fourth-order valence-corrected chi connectivity index (χ4v) is 3.07. The fourth-order valence-electron chi connectivity index (χ4n) is 2.11. The van der Waals surface area contributed by atoms with Crippen LogP contribution in [0.15, 0.2) is 24.3 Å². The molecule has 0 aromatic heterocycles. The Labute approximate surface area is 135 Å². The van der Waals surface area contributed by atoms with Crippen molar-refractivity contribution in [1.29, 1.82) is 0 Å². The van der Waals surface area contributed by atoms with E-state index in [9.17, 15) is 19.1 Å². The van der Waals surface area contributed by atoms with E-state index in [2.05, 4.69) is 0 Å². The van der Waals surface area contributed by atoms with Crippen molar-refractivity contribution in [3.63, 3.8) is 0 Å². The third-order valence-corrected chi connectivity index (χ3v) is 4.87. The second kappa shape index (κ2) is 7.90. The van der Waals surface area contributed by atoms with Crippen LogP contribution in [0.4, 0.5) is 0 Å². The molecule has 1 aromatic carbocycles. The molecule has 0 saturated carbocycles. The molecule has 1 unspecified atom stereocenters. The summed E-state index contributed by atoms with van der Waals surface area (Å²) in [5, 5.41) is -2.50. The van der Waals surface area contributed by atoms with Crippen LogP contribution in [0.25, 0.3) is 0 Å². The molecule has 4 N–H and O–H groups in total. The second-order valence-electron chi connectivity index (χ2n) is 4.87. The molecule has 0 saturated heterocycles. The highest BCUT2D eigenvalue weighted by atomic mass is 31.2. The monoisotopic (exact) mass is 346 g/mol. The maximum absolute atomic E-state index is 12.3. The minimum absolute atomic E-state index is 0.150. The first kappa shape index (κ1) is 19.6. The van der Waals surface area contributed by atoms with Gasteiger partial charge in [0.15, 0.2) is 0 Å². The molecule has 1 atom stereocenters. The SMILES string of the molecule is CCN(CC)C(N)(C(=O)OCc1ccc(OC)cc1)P(=O)(O)O. The Morgan fingerprint density at radius 1 is 1.26 bits per heavy atom. The largest absolute Gasteiger partial charge is 0.497 e. The van der Waals surface area contributed by atoms with Crippen molar-refractivity contribution in [2.75, 3.05) is 20.2 Å². The normalized spacial score (nSPS) is 14.4. The number of esters is 1. The number of ether oxygens (including phenoxy) is 2. The molecule has 1 aromatic rings. The van der Waals surface area contributed by atoms with Crippen LogP contribution < -0.4 is 10.5 Å². The second-order valence-corrected chi connectivity index (χ2v) is 6.64. The van der Waals surface area contributed by atoms with E-state index < -0.39 is 19.0 Å². The number of carbonyl (C=O) groups is 1. The topological polar surface area (TPSA) is 122 Å². The zero-order valence-corrected chi connectivity index (χ0v) is 14.3. The minimum Gasteiger partial charge on any atom is -0.497 e. The van der Waals surface area contributed by atoms with Gasteiger partial charge in [0.25, 0.3) is 5.40 Å². The zero-order chi connectivity index (χ0) is 17.7. The number of likely N-dealkylation sites (N-methyl/N-ethyl adjacent to an activating group) is 1. The lowest BCUT2D eigenvalue weighted by Gasteiger charge is -2.37. The molecular formula is C14H23N2O6P. The summed E-state index contributed by atoms with van der Waals surface area (Å²) < 4.78 is 21.8. The number of nitrogens with two attached hydrogens (primary N) is 1. The van der Waals surface area contributed by atoms with Gasteiger partial charge in [-0.15, -0.1) is 0 Å². The van der Waals surface area contributed by atoms with E-state index in [0.29, 0.717) is 11.3 Å². The summed E-state index contributed by atoms with van der Waals surface area (Å²) in [5.74, 6) is -0.517. The predicted octanol–water partition coefficient (Wildman–Crippen LogP) is 0.870. The summed E-state index contributed by atoms with van der Waals surface area (Å²) in [7, 11) is -3.43. The van der Waals surface area contributed by atoms with Gasteiger partial charge in [0, 0.05) is 0 Å². The number of carbonyl (C=O) groups excluding carboxylic acids is 1. The highest BCUT2D eigenvalue weighted by molar-refractivity contribution is 7.54. The molecule has 23 heavy (non-hydrogen) atoms. The van der Waals surface area contributed by atoms with Crippen molar-refractivity contribution in [2.45, 2.75) is 25.9 Å². The minimum atomic E-state index is -4.96. The summed E-state index contributed by atoms with van der Waals surface area (Å²) in [4.78, 5) is 32.5. The molecule has 0 aliphatic carbocycles.